The lowest BCUT2D eigenvalue weighted by Gasteiger charge is -2.55. The van der Waals surface area contributed by atoms with Crippen LogP contribution in [-0.2, 0) is 14.9 Å². The monoisotopic (exact) mass is 670 g/mol. The highest BCUT2D eigenvalue weighted by molar-refractivity contribution is 5.93. The molecule has 11 heteroatoms. The standard InChI is InChI=1S/C38H50N6O5/c1-26-19-30(9-10-33(26)48-3)38-15-12-37(13-16-38,14-17-38)25-43(34(46)28-7-5-4-6-8-28)35-39-18-11-32(41-35)29-20-40-44(21-29)27(2)24-49-36(47)42-22-31(45)23-42/h9-11,18-21,27-28,31,45H,4-8,12-17,22-25H2,1-3H3. The van der Waals surface area contributed by atoms with Crippen LogP contribution >= 0.6 is 0 Å². The predicted octanol–water partition coefficient (Wildman–Crippen LogP) is 6.24. The van der Waals surface area contributed by atoms with Crippen LogP contribution in [0.1, 0.15) is 94.7 Å². The molecule has 2 amide bonds. The molecule has 262 valence electrons. The lowest BCUT2D eigenvalue weighted by Crippen LogP contribution is -2.53. The number of β-amino-alcohol motifs (C(OH)–C–C–N with tert-alkyl or cyclic N) is 1. The van der Waals surface area contributed by atoms with E-state index in [0.717, 1.165) is 75.5 Å². The Hall–Kier alpha value is -3.99. The molecule has 8 rings (SSSR count). The van der Waals surface area contributed by atoms with Crippen LogP contribution < -0.4 is 9.64 Å². The number of nitrogens with zero attached hydrogens (tertiary/aromatic N) is 6. The lowest BCUT2D eigenvalue weighted by atomic mass is 9.51. The van der Waals surface area contributed by atoms with E-state index >= 15 is 0 Å². The van der Waals surface area contributed by atoms with E-state index in [1.807, 2.05) is 24.1 Å². The van der Waals surface area contributed by atoms with Crippen LogP contribution in [0.15, 0.2) is 42.9 Å². The number of benzene rings is 1. The van der Waals surface area contributed by atoms with Gasteiger partial charge in [-0.1, -0.05) is 31.4 Å². The van der Waals surface area contributed by atoms with Crippen molar-refractivity contribution in [1.29, 1.82) is 0 Å². The summed E-state index contributed by atoms with van der Waals surface area (Å²) in [4.78, 5) is 39.7. The van der Waals surface area contributed by atoms with Gasteiger partial charge in [0, 0.05) is 30.4 Å². The first kappa shape index (κ1) is 33.5. The summed E-state index contributed by atoms with van der Waals surface area (Å²) >= 11 is 0. The Bertz CT molecular complexity index is 1640. The molecule has 5 aliphatic rings. The maximum atomic E-state index is 14.3. The van der Waals surface area contributed by atoms with Crippen LogP contribution in [0.5, 0.6) is 5.75 Å². The van der Waals surface area contributed by atoms with Gasteiger partial charge in [0.25, 0.3) is 0 Å². The van der Waals surface area contributed by atoms with E-state index in [0.29, 0.717) is 31.3 Å². The molecule has 5 fully saturated rings. The van der Waals surface area contributed by atoms with Crippen LogP contribution in [0.25, 0.3) is 11.3 Å². The first-order valence-electron chi connectivity index (χ1n) is 18.1. The summed E-state index contributed by atoms with van der Waals surface area (Å²) in [5, 5.41) is 14.0. The van der Waals surface area contributed by atoms with E-state index < -0.39 is 12.2 Å². The predicted molar refractivity (Wildman–Crippen MR) is 185 cm³/mol. The van der Waals surface area contributed by atoms with Gasteiger partial charge < -0.3 is 19.5 Å². The third-order valence-electron chi connectivity index (χ3n) is 11.9. The molecule has 1 unspecified atom stereocenters. The number of hydrogen-bond donors (Lipinski definition) is 1. The van der Waals surface area contributed by atoms with Gasteiger partial charge in [-0.2, -0.15) is 5.10 Å². The fraction of sp³-hybridized carbons (Fsp3) is 0.605. The second-order valence-electron chi connectivity index (χ2n) is 15.2. The molecule has 2 bridgehead atoms. The number of anilines is 1. The zero-order valence-electron chi connectivity index (χ0n) is 29.1. The van der Waals surface area contributed by atoms with Gasteiger partial charge in [0.15, 0.2) is 0 Å². The van der Waals surface area contributed by atoms with Crippen LogP contribution in [-0.4, -0.2) is 81.2 Å². The molecule has 3 heterocycles. The largest absolute Gasteiger partial charge is 0.496 e. The average Bonchev–Trinajstić information content (AvgIpc) is 3.63. The highest BCUT2D eigenvalue weighted by Gasteiger charge is 2.51. The van der Waals surface area contributed by atoms with E-state index in [-0.39, 0.29) is 35.3 Å². The van der Waals surface area contributed by atoms with Gasteiger partial charge >= 0.3 is 6.09 Å². The first-order valence-corrected chi connectivity index (χ1v) is 18.1. The Morgan fingerprint density at radius 3 is 2.47 bits per heavy atom. The first-order chi connectivity index (χ1) is 23.7. The number of rotatable bonds is 10. The second kappa shape index (κ2) is 13.7. The number of aliphatic hydroxyl groups is 1. The lowest BCUT2D eigenvalue weighted by molar-refractivity contribution is -0.124. The van der Waals surface area contributed by atoms with Crippen LogP contribution in [0, 0.1) is 18.3 Å². The molecule has 1 aliphatic heterocycles. The fourth-order valence-electron chi connectivity index (χ4n) is 8.61. The summed E-state index contributed by atoms with van der Waals surface area (Å²) in [5.41, 5.74) is 4.37. The third kappa shape index (κ3) is 6.78. The molecule has 11 nitrogen and oxygen atoms in total. The Morgan fingerprint density at radius 1 is 1.06 bits per heavy atom. The van der Waals surface area contributed by atoms with E-state index in [2.05, 4.69) is 30.2 Å². The van der Waals surface area contributed by atoms with Crippen molar-refractivity contribution in [2.24, 2.45) is 11.3 Å². The van der Waals surface area contributed by atoms with Crippen molar-refractivity contribution in [3.8, 4) is 17.0 Å². The summed E-state index contributed by atoms with van der Waals surface area (Å²) < 4.78 is 12.7. The molecular weight excluding hydrogens is 620 g/mol. The molecule has 49 heavy (non-hydrogen) atoms. The van der Waals surface area contributed by atoms with Gasteiger partial charge in [0.05, 0.1) is 44.2 Å². The molecule has 2 aromatic heterocycles. The zero-order valence-corrected chi connectivity index (χ0v) is 29.1. The molecule has 1 saturated heterocycles. The summed E-state index contributed by atoms with van der Waals surface area (Å²) in [6, 6.07) is 8.37. The fourth-order valence-corrected chi connectivity index (χ4v) is 8.61. The van der Waals surface area contributed by atoms with E-state index in [1.165, 1.54) is 22.4 Å². The van der Waals surface area contributed by atoms with Crippen molar-refractivity contribution < 1.29 is 24.2 Å². The van der Waals surface area contributed by atoms with Gasteiger partial charge in [0.2, 0.25) is 11.9 Å². The van der Waals surface area contributed by atoms with Crippen LogP contribution in [0.4, 0.5) is 10.7 Å². The number of aliphatic hydroxyl groups excluding tert-OH is 1. The number of amides is 2. The average molecular weight is 671 g/mol. The number of carbonyl (C=O) groups excluding carboxylic acids is 2. The number of likely N-dealkylation sites (tertiary alicyclic amines) is 1. The molecule has 1 atom stereocenters. The molecule has 4 aliphatic carbocycles. The van der Waals surface area contributed by atoms with Gasteiger partial charge in [-0.15, -0.1) is 0 Å². The maximum absolute atomic E-state index is 14.3. The molecule has 3 aromatic rings. The van der Waals surface area contributed by atoms with Crippen molar-refractivity contribution in [3.05, 3.63) is 54.0 Å². The number of ether oxygens (including phenoxy) is 2. The quantitative estimate of drug-likeness (QED) is 0.269. The zero-order chi connectivity index (χ0) is 34.2. The minimum absolute atomic E-state index is 0.0109. The summed E-state index contributed by atoms with van der Waals surface area (Å²) in [6.07, 6.45) is 16.3. The van der Waals surface area contributed by atoms with Gasteiger partial charge in [-0.25, -0.2) is 14.8 Å². The summed E-state index contributed by atoms with van der Waals surface area (Å²) in [7, 11) is 1.73. The molecular formula is C38H50N6O5. The smallest absolute Gasteiger partial charge is 0.410 e. The van der Waals surface area contributed by atoms with Crippen molar-refractivity contribution in [2.75, 3.05) is 38.3 Å². The Labute approximate surface area is 289 Å². The second-order valence-corrected chi connectivity index (χ2v) is 15.2. The maximum Gasteiger partial charge on any atom is 0.410 e. The highest BCUT2D eigenvalue weighted by Crippen LogP contribution is 2.58. The Balaban J connectivity index is 1.08. The Kier molecular flexibility index (Phi) is 9.39. The summed E-state index contributed by atoms with van der Waals surface area (Å²) in [6.45, 7) is 5.49. The molecule has 4 saturated carbocycles. The molecule has 0 spiro atoms. The van der Waals surface area contributed by atoms with Crippen molar-refractivity contribution in [2.45, 2.75) is 102 Å². The molecule has 1 aromatic carbocycles. The number of aromatic nitrogens is 4. The summed E-state index contributed by atoms with van der Waals surface area (Å²) in [5.74, 6) is 1.59. The van der Waals surface area contributed by atoms with Crippen LogP contribution in [0.2, 0.25) is 0 Å². The molecule has 0 radical (unpaired) electrons. The minimum Gasteiger partial charge on any atom is -0.496 e. The third-order valence-corrected chi connectivity index (χ3v) is 11.9. The van der Waals surface area contributed by atoms with Crippen LogP contribution in [0.3, 0.4) is 0 Å². The number of fused-ring (bicyclic) bond motifs is 3. The highest BCUT2D eigenvalue weighted by atomic mass is 16.6. The number of aryl methyl sites for hydroxylation is 1. The SMILES string of the molecule is COc1ccc(C23CCC(CN(C(=O)C4CCCCC4)c4nccc(-c5cnn(C(C)COC(=O)N6CC(O)C6)c5)n4)(CC2)CC3)cc1C. The van der Waals surface area contributed by atoms with Crippen molar-refractivity contribution >= 4 is 17.9 Å². The number of hydrogen-bond acceptors (Lipinski definition) is 8. The van der Waals surface area contributed by atoms with Gasteiger partial charge in [-0.05, 0) is 99.3 Å². The number of methoxy groups -OCH3 is 1. The van der Waals surface area contributed by atoms with Gasteiger partial charge in [0.1, 0.15) is 12.4 Å². The van der Waals surface area contributed by atoms with Crippen molar-refractivity contribution in [1.82, 2.24) is 24.6 Å². The van der Waals surface area contributed by atoms with Gasteiger partial charge in [-0.3, -0.25) is 14.4 Å². The topological polar surface area (TPSA) is 123 Å². The van der Waals surface area contributed by atoms with E-state index in [9.17, 15) is 14.7 Å². The minimum atomic E-state index is -0.468. The molecule has 1 N–H and O–H groups in total. The normalized spacial score (nSPS) is 24.7. The van der Waals surface area contributed by atoms with E-state index in [1.54, 1.807) is 24.2 Å². The Morgan fingerprint density at radius 2 is 1.80 bits per heavy atom. The van der Waals surface area contributed by atoms with Crippen molar-refractivity contribution in [3.63, 3.8) is 0 Å². The van der Waals surface area contributed by atoms with E-state index in [4.69, 9.17) is 19.4 Å². The number of carbonyl (C=O) groups is 2.